The molecule has 0 aliphatic carbocycles. The van der Waals surface area contributed by atoms with Crippen LogP contribution in [0.2, 0.25) is 0 Å². The first kappa shape index (κ1) is 14.4. The van der Waals surface area contributed by atoms with Gasteiger partial charge in [0.2, 0.25) is 0 Å². The first-order valence-corrected chi connectivity index (χ1v) is 6.73. The van der Waals surface area contributed by atoms with E-state index in [1.54, 1.807) is 48.5 Å². The van der Waals surface area contributed by atoms with E-state index in [0.29, 0.717) is 17.1 Å². The highest BCUT2D eigenvalue weighted by atomic mass is 16.3. The van der Waals surface area contributed by atoms with E-state index in [-0.39, 0.29) is 5.76 Å². The maximum atomic E-state index is 11.6. The lowest BCUT2D eigenvalue weighted by Crippen LogP contribution is -2.16. The molecule has 1 aromatic carbocycles. The van der Waals surface area contributed by atoms with Crippen molar-refractivity contribution < 1.29 is 13.6 Å². The van der Waals surface area contributed by atoms with Gasteiger partial charge in [-0.3, -0.25) is 4.79 Å². The number of nitrogens with one attached hydrogen (secondary N) is 1. The molecule has 0 fully saturated rings. The van der Waals surface area contributed by atoms with Crippen LogP contribution in [0.3, 0.4) is 0 Å². The van der Waals surface area contributed by atoms with Gasteiger partial charge in [0.1, 0.15) is 11.5 Å². The Morgan fingerprint density at radius 3 is 2.70 bits per heavy atom. The summed E-state index contributed by atoms with van der Waals surface area (Å²) in [5.41, 5.74) is 3.77. The van der Waals surface area contributed by atoms with Gasteiger partial charge in [-0.1, -0.05) is 0 Å². The summed E-state index contributed by atoms with van der Waals surface area (Å²) in [6, 6.07) is 15.8. The zero-order chi connectivity index (χ0) is 16.1. The minimum atomic E-state index is -0.440. The molecule has 0 aliphatic heterocycles. The van der Waals surface area contributed by atoms with Gasteiger partial charge in [-0.15, -0.1) is 0 Å². The van der Waals surface area contributed by atoms with Gasteiger partial charge in [-0.25, -0.2) is 5.43 Å². The molecular formula is C17H11N3O3. The first-order valence-electron chi connectivity index (χ1n) is 6.73. The van der Waals surface area contributed by atoms with Crippen LogP contribution < -0.4 is 5.43 Å². The Bertz CT molecular complexity index is 869. The number of carbonyl (C=O) groups excluding carboxylic acids is 1. The Kier molecular flexibility index (Phi) is 4.03. The minimum Gasteiger partial charge on any atom is -0.459 e. The zero-order valence-electron chi connectivity index (χ0n) is 11.9. The van der Waals surface area contributed by atoms with E-state index in [9.17, 15) is 4.79 Å². The lowest BCUT2D eigenvalue weighted by molar-refractivity contribution is 0.0927. The topological polar surface area (TPSA) is 91.5 Å². The van der Waals surface area contributed by atoms with Crippen molar-refractivity contribution in [1.29, 1.82) is 5.26 Å². The van der Waals surface area contributed by atoms with Gasteiger partial charge in [-0.05, 0) is 48.5 Å². The van der Waals surface area contributed by atoms with Crippen LogP contribution in [-0.2, 0) is 0 Å². The fourth-order valence-corrected chi connectivity index (χ4v) is 1.90. The van der Waals surface area contributed by atoms with Gasteiger partial charge in [0.25, 0.3) is 0 Å². The predicted molar refractivity (Wildman–Crippen MR) is 82.6 cm³/mol. The molecule has 6 nitrogen and oxygen atoms in total. The Morgan fingerprint density at radius 2 is 2.00 bits per heavy atom. The molecule has 6 heteroatoms. The Labute approximate surface area is 131 Å². The van der Waals surface area contributed by atoms with E-state index in [4.69, 9.17) is 14.1 Å². The van der Waals surface area contributed by atoms with Crippen molar-refractivity contribution in [3.63, 3.8) is 0 Å². The summed E-state index contributed by atoms with van der Waals surface area (Å²) in [6.07, 6.45) is 2.81. The SMILES string of the molecule is N#Cc1ccc(-c2ccc(C=NNC(=O)c3ccco3)o2)cc1. The van der Waals surface area contributed by atoms with Crippen molar-refractivity contribution in [3.05, 3.63) is 71.9 Å². The maximum absolute atomic E-state index is 11.6. The lowest BCUT2D eigenvalue weighted by Gasteiger charge is -1.96. The van der Waals surface area contributed by atoms with Crippen LogP contribution in [0.1, 0.15) is 21.9 Å². The highest BCUT2D eigenvalue weighted by Gasteiger charge is 2.07. The normalized spacial score (nSPS) is 10.6. The first-order chi connectivity index (χ1) is 11.3. The largest absolute Gasteiger partial charge is 0.459 e. The number of nitriles is 1. The standard InChI is InChI=1S/C17H11N3O3/c18-10-12-3-5-13(6-4-12)15-8-7-14(23-15)11-19-20-17(21)16-2-1-9-22-16/h1-9,11H,(H,20,21). The van der Waals surface area contributed by atoms with Gasteiger partial charge < -0.3 is 8.83 Å². The molecule has 0 saturated carbocycles. The fourth-order valence-electron chi connectivity index (χ4n) is 1.90. The molecule has 0 aliphatic rings. The molecule has 0 atom stereocenters. The highest BCUT2D eigenvalue weighted by molar-refractivity contribution is 5.92. The molecule has 3 aromatic rings. The van der Waals surface area contributed by atoms with Crippen molar-refractivity contribution in [2.45, 2.75) is 0 Å². The van der Waals surface area contributed by atoms with Crippen LogP contribution in [0.4, 0.5) is 0 Å². The number of benzene rings is 1. The van der Waals surface area contributed by atoms with Crippen LogP contribution in [-0.4, -0.2) is 12.1 Å². The number of hydrogen-bond donors (Lipinski definition) is 1. The van der Waals surface area contributed by atoms with E-state index < -0.39 is 5.91 Å². The van der Waals surface area contributed by atoms with Gasteiger partial charge >= 0.3 is 5.91 Å². The lowest BCUT2D eigenvalue weighted by atomic mass is 10.1. The quantitative estimate of drug-likeness (QED) is 0.592. The average molecular weight is 305 g/mol. The molecule has 3 rings (SSSR count). The second-order valence-corrected chi connectivity index (χ2v) is 4.57. The van der Waals surface area contributed by atoms with Crippen LogP contribution >= 0.6 is 0 Å². The highest BCUT2D eigenvalue weighted by Crippen LogP contribution is 2.21. The molecule has 0 saturated heterocycles. The molecular weight excluding hydrogens is 294 g/mol. The monoisotopic (exact) mass is 305 g/mol. The van der Waals surface area contributed by atoms with E-state index in [1.165, 1.54) is 12.5 Å². The Balaban J connectivity index is 1.66. The molecule has 2 aromatic heterocycles. The summed E-state index contributed by atoms with van der Waals surface area (Å²) in [6.45, 7) is 0. The molecule has 1 amide bonds. The second kappa shape index (κ2) is 6.45. The zero-order valence-corrected chi connectivity index (χ0v) is 11.9. The number of hydrazone groups is 1. The van der Waals surface area contributed by atoms with Gasteiger partial charge in [0.15, 0.2) is 5.76 Å². The van der Waals surface area contributed by atoms with Crippen molar-refractivity contribution >= 4 is 12.1 Å². The van der Waals surface area contributed by atoms with Crippen LogP contribution in [0.5, 0.6) is 0 Å². The average Bonchev–Trinajstić information content (AvgIpc) is 3.27. The molecule has 0 radical (unpaired) electrons. The van der Waals surface area contributed by atoms with Gasteiger partial charge in [0.05, 0.1) is 24.1 Å². The van der Waals surface area contributed by atoms with Crippen LogP contribution in [0, 0.1) is 11.3 Å². The van der Waals surface area contributed by atoms with Crippen molar-refractivity contribution in [3.8, 4) is 17.4 Å². The number of nitrogens with zero attached hydrogens (tertiary/aromatic N) is 2. The summed E-state index contributed by atoms with van der Waals surface area (Å²) in [5, 5.41) is 12.6. The molecule has 23 heavy (non-hydrogen) atoms. The third kappa shape index (κ3) is 3.36. The molecule has 0 spiro atoms. The van der Waals surface area contributed by atoms with E-state index in [0.717, 1.165) is 5.56 Å². The summed E-state index contributed by atoms with van der Waals surface area (Å²) >= 11 is 0. The van der Waals surface area contributed by atoms with Gasteiger partial charge in [-0.2, -0.15) is 10.4 Å². The van der Waals surface area contributed by atoms with Crippen LogP contribution in [0.15, 0.2) is 68.7 Å². The summed E-state index contributed by atoms with van der Waals surface area (Å²) in [4.78, 5) is 11.6. The third-order valence-corrected chi connectivity index (χ3v) is 3.03. The number of rotatable bonds is 4. The molecule has 0 bridgehead atoms. The van der Waals surface area contributed by atoms with E-state index in [1.807, 2.05) is 0 Å². The molecule has 1 N–H and O–H groups in total. The van der Waals surface area contributed by atoms with E-state index >= 15 is 0 Å². The van der Waals surface area contributed by atoms with Crippen LogP contribution in [0.25, 0.3) is 11.3 Å². The summed E-state index contributed by atoms with van der Waals surface area (Å²) in [5.74, 6) is 0.877. The number of hydrogen-bond acceptors (Lipinski definition) is 5. The predicted octanol–water partition coefficient (Wildman–Crippen LogP) is 3.18. The third-order valence-electron chi connectivity index (χ3n) is 3.03. The Hall–Kier alpha value is -3.59. The molecule has 112 valence electrons. The summed E-state index contributed by atoms with van der Waals surface area (Å²) in [7, 11) is 0. The summed E-state index contributed by atoms with van der Waals surface area (Å²) < 4.78 is 10.6. The van der Waals surface area contributed by atoms with Crippen molar-refractivity contribution in [1.82, 2.24) is 5.43 Å². The van der Waals surface area contributed by atoms with Crippen molar-refractivity contribution in [2.24, 2.45) is 5.10 Å². The fraction of sp³-hybridized carbons (Fsp3) is 0. The molecule has 0 unspecified atom stereocenters. The smallest absolute Gasteiger partial charge is 0.307 e. The Morgan fingerprint density at radius 1 is 1.17 bits per heavy atom. The number of carbonyl (C=O) groups is 1. The maximum Gasteiger partial charge on any atom is 0.307 e. The van der Waals surface area contributed by atoms with E-state index in [2.05, 4.69) is 16.6 Å². The molecule has 2 heterocycles. The second-order valence-electron chi connectivity index (χ2n) is 4.57. The van der Waals surface area contributed by atoms with Crippen molar-refractivity contribution in [2.75, 3.05) is 0 Å². The number of furan rings is 2. The minimum absolute atomic E-state index is 0.180. The number of amides is 1. The van der Waals surface area contributed by atoms with Gasteiger partial charge in [0, 0.05) is 5.56 Å².